The summed E-state index contributed by atoms with van der Waals surface area (Å²) >= 11 is 0. The molecule has 2 aromatic heterocycles. The lowest BCUT2D eigenvalue weighted by molar-refractivity contribution is -0.205. The Hall–Kier alpha value is -2.97. The molecule has 0 bridgehead atoms. The minimum absolute atomic E-state index is 0.0735. The molecule has 0 aliphatic carbocycles. The van der Waals surface area contributed by atoms with Crippen LogP contribution in [-0.2, 0) is 46.6 Å². The second kappa shape index (κ2) is 14.9. The highest BCUT2D eigenvalue weighted by Crippen LogP contribution is 2.59. The van der Waals surface area contributed by atoms with Gasteiger partial charge in [0, 0.05) is 12.2 Å². The smallest absolute Gasteiger partial charge is 0.340 e. The fourth-order valence-electron chi connectivity index (χ4n) is 6.91. The number of rotatable bonds is 13. The van der Waals surface area contributed by atoms with Crippen molar-refractivity contribution in [3.63, 3.8) is 0 Å². The Bertz CT molecular complexity index is 1920. The second-order valence-electron chi connectivity index (χ2n) is 13.6. The Kier molecular flexibility index (Phi) is 10.8. The molecule has 3 unspecified atom stereocenters. The van der Waals surface area contributed by atoms with Crippen molar-refractivity contribution in [3.8, 4) is 0 Å². The van der Waals surface area contributed by atoms with Crippen molar-refractivity contribution in [2.45, 2.75) is 94.2 Å². The number of carbonyl (C=O) groups is 1. The van der Waals surface area contributed by atoms with Gasteiger partial charge in [0.1, 0.15) is 48.5 Å². The first-order chi connectivity index (χ1) is 25.1. The van der Waals surface area contributed by atoms with Crippen LogP contribution < -0.4 is 11.5 Å². The van der Waals surface area contributed by atoms with Crippen molar-refractivity contribution < 1.29 is 65.6 Å². The molecule has 6 N–H and O–H groups in total. The first-order valence-electron chi connectivity index (χ1n) is 16.9. The molecule has 4 saturated heterocycles. The first kappa shape index (κ1) is 38.3. The number of hydrogen-bond acceptors (Lipinski definition) is 15. The summed E-state index contributed by atoms with van der Waals surface area (Å²) in [6, 6.07) is 6.45. The summed E-state index contributed by atoms with van der Waals surface area (Å²) in [5.74, 6) is -2.91. The van der Waals surface area contributed by atoms with Gasteiger partial charge < -0.3 is 58.7 Å². The second-order valence-corrected chi connectivity index (χ2v) is 17.8. The van der Waals surface area contributed by atoms with E-state index in [9.17, 15) is 23.7 Å². The molecule has 290 valence electrons. The third-order valence-electron chi connectivity index (χ3n) is 9.26. The summed E-state index contributed by atoms with van der Waals surface area (Å²) in [6.45, 7) is 2.57. The maximum absolute atomic E-state index is 16.1. The highest BCUT2D eigenvalue weighted by molar-refractivity contribution is 7.70. The third kappa shape index (κ3) is 8.34. The minimum atomic E-state index is -4.88. The number of imidazole rings is 1. The molecule has 6 heterocycles. The average Bonchev–Trinajstić information content (AvgIpc) is 3.84. The van der Waals surface area contributed by atoms with Gasteiger partial charge in [-0.1, -0.05) is 12.1 Å². The Morgan fingerprint density at radius 2 is 1.79 bits per heavy atom. The van der Waals surface area contributed by atoms with Crippen molar-refractivity contribution in [2.24, 2.45) is 5.73 Å². The van der Waals surface area contributed by atoms with Crippen LogP contribution in [0, 0.1) is 0 Å². The molecule has 4 fully saturated rings. The van der Waals surface area contributed by atoms with E-state index in [0.29, 0.717) is 18.6 Å². The van der Waals surface area contributed by atoms with Gasteiger partial charge in [-0.15, -0.1) is 0 Å². The molecule has 0 spiro atoms. The number of anilines is 1. The normalized spacial score (nSPS) is 33.4. The number of nitrogens with zero attached hydrogens (tertiary/aromatic N) is 4. The number of benzene rings is 1. The van der Waals surface area contributed by atoms with E-state index >= 15 is 4.39 Å². The summed E-state index contributed by atoms with van der Waals surface area (Å²) in [6.07, 6.45) is -5.16. The SMILES string of the molecule is CC1(C)O[C@@H]2[C@H](O1)[C@@H](COP(=O)(O)CP(=O)(O)OC[C@H]1O[C@@H](n3cnc4c(N)ncnc43)[C@@H](F)[C@@H]1OC1CCCCO1)O[C@H]2c1cccc(C(N)=O)c1. The highest BCUT2D eigenvalue weighted by Gasteiger charge is 2.56. The molecule has 4 aliphatic rings. The number of nitrogen functional groups attached to an aromatic ring is 1. The standard InChI is InChI=1S/C31H41FN6O13P2/c1-31(2)50-25-19(47-23(26(25)51-31)16-6-5-7-17(10-16)28(34)39)12-46-53(42,43)15-52(40,41)45-11-18-24(49-20-8-3-4-9-44-20)21(32)30(48-18)38-14-37-22-27(33)35-13-36-29(22)38/h5-7,10,13-14,18-21,23-26,30H,3-4,8-9,11-12,15H2,1-2H3,(H2,34,39)(H,40,41)(H,42,43)(H2,33,35,36)/t18-,19-,20?,21+,23+,24-,25-,26+,30-/m1/s1. The molecular weight excluding hydrogens is 745 g/mol. The fraction of sp³-hybridized carbons (Fsp3) is 0.613. The van der Waals surface area contributed by atoms with Crippen molar-refractivity contribution in [1.82, 2.24) is 19.5 Å². The van der Waals surface area contributed by atoms with Crippen LogP contribution in [0.2, 0.25) is 0 Å². The Morgan fingerprint density at radius 3 is 2.51 bits per heavy atom. The number of alkyl halides is 1. The maximum atomic E-state index is 16.1. The van der Waals surface area contributed by atoms with Crippen LogP contribution in [0.15, 0.2) is 36.9 Å². The number of fused-ring (bicyclic) bond motifs is 2. The maximum Gasteiger partial charge on any atom is 0.340 e. The molecular formula is C31H41FN6O13P2. The molecule has 1 aromatic carbocycles. The van der Waals surface area contributed by atoms with Gasteiger partial charge >= 0.3 is 15.2 Å². The summed E-state index contributed by atoms with van der Waals surface area (Å²) in [5, 5.41) is 0. The van der Waals surface area contributed by atoms with Crippen molar-refractivity contribution in [3.05, 3.63) is 48.0 Å². The van der Waals surface area contributed by atoms with Crippen LogP contribution in [0.5, 0.6) is 0 Å². The van der Waals surface area contributed by atoms with E-state index in [2.05, 4.69) is 15.0 Å². The molecule has 4 aliphatic heterocycles. The lowest BCUT2D eigenvalue weighted by Gasteiger charge is -2.28. The van der Waals surface area contributed by atoms with Gasteiger partial charge in [0.25, 0.3) is 0 Å². The summed E-state index contributed by atoms with van der Waals surface area (Å²) in [7, 11) is -9.71. The predicted octanol–water partition coefficient (Wildman–Crippen LogP) is 2.68. The van der Waals surface area contributed by atoms with Gasteiger partial charge in [0.2, 0.25) is 5.91 Å². The quantitative estimate of drug-likeness (QED) is 0.182. The van der Waals surface area contributed by atoms with E-state index in [-0.39, 0.29) is 22.5 Å². The molecule has 0 radical (unpaired) electrons. The lowest BCUT2D eigenvalue weighted by atomic mass is 10.00. The van der Waals surface area contributed by atoms with Crippen LogP contribution in [0.4, 0.5) is 10.2 Å². The molecule has 53 heavy (non-hydrogen) atoms. The van der Waals surface area contributed by atoms with Crippen molar-refractivity contribution >= 4 is 38.1 Å². The van der Waals surface area contributed by atoms with Crippen LogP contribution in [-0.4, -0.2) is 110 Å². The van der Waals surface area contributed by atoms with E-state index in [1.165, 1.54) is 17.2 Å². The molecule has 7 rings (SSSR count). The molecule has 22 heteroatoms. The molecule has 19 nitrogen and oxygen atoms in total. The summed E-state index contributed by atoms with van der Waals surface area (Å²) in [5.41, 5.74) is 12.6. The molecule has 11 atom stereocenters. The number of halogens is 1. The highest BCUT2D eigenvalue weighted by atomic mass is 31.2. The third-order valence-corrected chi connectivity index (χ3v) is 13.2. The van der Waals surface area contributed by atoms with Gasteiger partial charge in [0.05, 0.1) is 19.5 Å². The topological polar surface area (TPSA) is 261 Å². The molecule has 3 aromatic rings. The van der Waals surface area contributed by atoms with E-state index in [1.807, 2.05) is 0 Å². The van der Waals surface area contributed by atoms with E-state index in [0.717, 1.165) is 12.8 Å². The summed E-state index contributed by atoms with van der Waals surface area (Å²) in [4.78, 5) is 45.4. The van der Waals surface area contributed by atoms with Gasteiger partial charge in [-0.2, -0.15) is 0 Å². The summed E-state index contributed by atoms with van der Waals surface area (Å²) < 4.78 is 90.2. The van der Waals surface area contributed by atoms with Gasteiger partial charge in [-0.3, -0.25) is 18.5 Å². The Balaban J connectivity index is 1.01. The first-order valence-corrected chi connectivity index (χ1v) is 20.5. The molecule has 1 amide bonds. The number of amides is 1. The number of carbonyl (C=O) groups excluding carboxylic acids is 1. The van der Waals surface area contributed by atoms with Crippen molar-refractivity contribution in [2.75, 3.05) is 31.5 Å². The minimum Gasteiger partial charge on any atom is -0.382 e. The average molecular weight is 787 g/mol. The number of hydrogen-bond donors (Lipinski definition) is 4. The monoisotopic (exact) mass is 786 g/mol. The van der Waals surface area contributed by atoms with E-state index < -0.39 is 101 Å². The number of primary amides is 1. The van der Waals surface area contributed by atoms with Gasteiger partial charge in [-0.05, 0) is 50.8 Å². The van der Waals surface area contributed by atoms with Crippen LogP contribution in [0.25, 0.3) is 11.2 Å². The van der Waals surface area contributed by atoms with Crippen LogP contribution >= 0.6 is 15.2 Å². The van der Waals surface area contributed by atoms with Gasteiger partial charge in [-0.25, -0.2) is 19.3 Å². The predicted molar refractivity (Wildman–Crippen MR) is 180 cm³/mol. The van der Waals surface area contributed by atoms with E-state index in [4.69, 9.17) is 48.9 Å². The number of nitrogens with two attached hydrogens (primary N) is 2. The van der Waals surface area contributed by atoms with Gasteiger partial charge in [0.15, 0.2) is 41.8 Å². The van der Waals surface area contributed by atoms with Crippen LogP contribution in [0.1, 0.15) is 61.4 Å². The largest absolute Gasteiger partial charge is 0.382 e. The lowest BCUT2D eigenvalue weighted by Crippen LogP contribution is -2.39. The number of ether oxygens (including phenoxy) is 6. The fourth-order valence-corrected chi connectivity index (χ4v) is 10.1. The number of aromatic nitrogens is 4. The Morgan fingerprint density at radius 1 is 1.06 bits per heavy atom. The zero-order valence-corrected chi connectivity index (χ0v) is 30.5. The zero-order chi connectivity index (χ0) is 37.7. The zero-order valence-electron chi connectivity index (χ0n) is 28.7. The molecule has 0 saturated carbocycles. The van der Waals surface area contributed by atoms with Crippen molar-refractivity contribution in [1.29, 1.82) is 0 Å². The Labute approximate surface area is 302 Å². The van der Waals surface area contributed by atoms with E-state index in [1.54, 1.807) is 38.1 Å². The van der Waals surface area contributed by atoms with Crippen LogP contribution in [0.3, 0.4) is 0 Å².